The molecular formula is C19H26N4O2S2. The Morgan fingerprint density at radius 1 is 1.33 bits per heavy atom. The molecule has 0 radical (unpaired) electrons. The summed E-state index contributed by atoms with van der Waals surface area (Å²) >= 11 is 2.87. The lowest BCUT2D eigenvalue weighted by molar-refractivity contribution is -0.113. The number of carbonyl (C=O) groups excluding carboxylic acids is 1. The molecule has 0 spiro atoms. The predicted molar refractivity (Wildman–Crippen MR) is 112 cm³/mol. The van der Waals surface area contributed by atoms with E-state index >= 15 is 0 Å². The molecule has 1 aliphatic heterocycles. The molecule has 1 aliphatic rings. The average Bonchev–Trinajstić information content (AvgIpc) is 3.36. The highest BCUT2D eigenvalue weighted by Crippen LogP contribution is 2.26. The summed E-state index contributed by atoms with van der Waals surface area (Å²) in [6.45, 7) is 3.79. The van der Waals surface area contributed by atoms with E-state index in [1.807, 2.05) is 12.1 Å². The molecule has 2 aromatic rings. The number of rotatable bonds is 10. The molecule has 3 rings (SSSR count). The summed E-state index contributed by atoms with van der Waals surface area (Å²) in [6.07, 6.45) is 5.94. The topological polar surface area (TPSA) is 76.1 Å². The Hall–Kier alpha value is -1.64. The first kappa shape index (κ1) is 20.1. The minimum Gasteiger partial charge on any atom is -0.376 e. The fourth-order valence-electron chi connectivity index (χ4n) is 2.81. The molecule has 1 aromatic heterocycles. The maximum absolute atomic E-state index is 12.1. The van der Waals surface area contributed by atoms with Crippen LogP contribution in [0.25, 0.3) is 0 Å². The van der Waals surface area contributed by atoms with E-state index in [-0.39, 0.29) is 12.0 Å². The minimum absolute atomic E-state index is 0.0367. The second kappa shape index (κ2) is 10.6. The van der Waals surface area contributed by atoms with Crippen molar-refractivity contribution in [3.63, 3.8) is 0 Å². The molecule has 2 heterocycles. The van der Waals surface area contributed by atoms with Gasteiger partial charge in [0.1, 0.15) is 0 Å². The van der Waals surface area contributed by atoms with Crippen molar-refractivity contribution in [1.29, 1.82) is 0 Å². The fourth-order valence-corrected chi connectivity index (χ4v) is 4.36. The van der Waals surface area contributed by atoms with E-state index < -0.39 is 0 Å². The highest BCUT2D eigenvalue weighted by atomic mass is 32.2. The normalized spacial score (nSPS) is 16.4. The zero-order chi connectivity index (χ0) is 18.9. The van der Waals surface area contributed by atoms with E-state index in [1.54, 1.807) is 0 Å². The molecule has 0 aliphatic carbocycles. The first-order valence-corrected chi connectivity index (χ1v) is 11.2. The molecular weight excluding hydrogens is 380 g/mol. The van der Waals surface area contributed by atoms with E-state index in [0.717, 1.165) is 47.6 Å². The van der Waals surface area contributed by atoms with Crippen molar-refractivity contribution >= 4 is 39.8 Å². The molecule has 1 amide bonds. The number of hydrogen-bond acceptors (Lipinski definition) is 7. The number of ether oxygens (including phenoxy) is 1. The largest absolute Gasteiger partial charge is 0.376 e. The van der Waals surface area contributed by atoms with Crippen LogP contribution in [-0.2, 0) is 16.0 Å². The minimum atomic E-state index is -0.0367. The number of anilines is 2. The number of benzene rings is 1. The lowest BCUT2D eigenvalue weighted by Crippen LogP contribution is -2.18. The third kappa shape index (κ3) is 6.79. The maximum atomic E-state index is 12.1. The van der Waals surface area contributed by atoms with Crippen LogP contribution in [0.3, 0.4) is 0 Å². The van der Waals surface area contributed by atoms with Crippen LogP contribution in [0.15, 0.2) is 28.6 Å². The summed E-state index contributed by atoms with van der Waals surface area (Å²) in [4.78, 5) is 12.1. The van der Waals surface area contributed by atoms with Crippen molar-refractivity contribution < 1.29 is 9.53 Å². The Balaban J connectivity index is 1.38. The Morgan fingerprint density at radius 2 is 2.19 bits per heavy atom. The van der Waals surface area contributed by atoms with Crippen molar-refractivity contribution in [2.75, 3.05) is 29.5 Å². The standard InChI is InChI=1S/C19H26N4O2S2/c1-2-3-5-14-7-9-15(10-8-14)21-17(24)13-26-19-23-22-18(27-19)20-12-16-6-4-11-25-16/h7-10,16H,2-6,11-13H2,1H3,(H,20,22)(H,21,24)/t16-/m0/s1. The Morgan fingerprint density at radius 3 is 2.93 bits per heavy atom. The number of thioether (sulfide) groups is 1. The van der Waals surface area contributed by atoms with Gasteiger partial charge in [0.2, 0.25) is 11.0 Å². The molecule has 1 fully saturated rings. The van der Waals surface area contributed by atoms with Gasteiger partial charge in [-0.1, -0.05) is 48.6 Å². The molecule has 146 valence electrons. The van der Waals surface area contributed by atoms with Gasteiger partial charge in [-0.25, -0.2) is 0 Å². The summed E-state index contributed by atoms with van der Waals surface area (Å²) in [5, 5.41) is 15.2. The second-order valence-corrected chi connectivity index (χ2v) is 8.73. The monoisotopic (exact) mass is 406 g/mol. The highest BCUT2D eigenvalue weighted by Gasteiger charge is 2.16. The molecule has 2 N–H and O–H groups in total. The van der Waals surface area contributed by atoms with Crippen LogP contribution in [0.2, 0.25) is 0 Å². The van der Waals surface area contributed by atoms with Gasteiger partial charge in [0.15, 0.2) is 4.34 Å². The second-order valence-electron chi connectivity index (χ2n) is 6.53. The van der Waals surface area contributed by atoms with E-state index in [4.69, 9.17) is 4.74 Å². The molecule has 0 bridgehead atoms. The van der Waals surface area contributed by atoms with Gasteiger partial charge in [-0.2, -0.15) is 0 Å². The van der Waals surface area contributed by atoms with Gasteiger partial charge in [0.25, 0.3) is 0 Å². The third-order valence-corrected chi connectivity index (χ3v) is 6.31. The van der Waals surface area contributed by atoms with Crippen molar-refractivity contribution in [1.82, 2.24) is 10.2 Å². The Kier molecular flexibility index (Phi) is 7.92. The van der Waals surface area contributed by atoms with Crippen LogP contribution in [0.1, 0.15) is 38.2 Å². The van der Waals surface area contributed by atoms with E-state index in [0.29, 0.717) is 5.75 Å². The van der Waals surface area contributed by atoms with Crippen LogP contribution < -0.4 is 10.6 Å². The molecule has 27 heavy (non-hydrogen) atoms. The quantitative estimate of drug-likeness (QED) is 0.576. The Bertz CT molecular complexity index is 715. The summed E-state index contributed by atoms with van der Waals surface area (Å²) < 4.78 is 6.37. The van der Waals surface area contributed by atoms with E-state index in [1.165, 1.54) is 41.5 Å². The lowest BCUT2D eigenvalue weighted by Gasteiger charge is -2.08. The third-order valence-electron chi connectivity index (χ3n) is 4.29. The van der Waals surface area contributed by atoms with E-state index in [9.17, 15) is 4.79 Å². The first-order chi connectivity index (χ1) is 13.2. The van der Waals surface area contributed by atoms with Crippen LogP contribution in [0, 0.1) is 0 Å². The number of carbonyl (C=O) groups is 1. The lowest BCUT2D eigenvalue weighted by atomic mass is 10.1. The molecule has 0 unspecified atom stereocenters. The smallest absolute Gasteiger partial charge is 0.234 e. The number of aromatic nitrogens is 2. The van der Waals surface area contributed by atoms with Gasteiger partial charge in [0, 0.05) is 18.8 Å². The number of nitrogens with one attached hydrogen (secondary N) is 2. The summed E-state index contributed by atoms with van der Waals surface area (Å²) in [6, 6.07) is 8.08. The number of aryl methyl sites for hydroxylation is 1. The van der Waals surface area contributed by atoms with Gasteiger partial charge < -0.3 is 15.4 Å². The fraction of sp³-hybridized carbons (Fsp3) is 0.526. The number of amides is 1. The Labute approximate surface area is 168 Å². The van der Waals surface area contributed by atoms with Gasteiger partial charge in [-0.15, -0.1) is 10.2 Å². The predicted octanol–water partition coefficient (Wildman–Crippen LogP) is 4.20. The molecule has 1 aromatic carbocycles. The van der Waals surface area contributed by atoms with Crippen LogP contribution in [-0.4, -0.2) is 41.1 Å². The van der Waals surface area contributed by atoms with Crippen molar-refractivity contribution in [3.8, 4) is 0 Å². The van der Waals surface area contributed by atoms with Crippen LogP contribution in [0.5, 0.6) is 0 Å². The van der Waals surface area contributed by atoms with Gasteiger partial charge >= 0.3 is 0 Å². The highest BCUT2D eigenvalue weighted by molar-refractivity contribution is 8.01. The summed E-state index contributed by atoms with van der Waals surface area (Å²) in [7, 11) is 0. The molecule has 1 saturated heterocycles. The van der Waals surface area contributed by atoms with Crippen molar-refractivity contribution in [3.05, 3.63) is 29.8 Å². The zero-order valence-electron chi connectivity index (χ0n) is 15.6. The van der Waals surface area contributed by atoms with Crippen LogP contribution >= 0.6 is 23.1 Å². The summed E-state index contributed by atoms with van der Waals surface area (Å²) in [5.41, 5.74) is 2.14. The number of hydrogen-bond donors (Lipinski definition) is 2. The first-order valence-electron chi connectivity index (χ1n) is 9.43. The van der Waals surface area contributed by atoms with E-state index in [2.05, 4.69) is 39.9 Å². The maximum Gasteiger partial charge on any atom is 0.234 e. The summed E-state index contributed by atoms with van der Waals surface area (Å²) in [5.74, 6) is 0.281. The molecule has 1 atom stereocenters. The number of nitrogens with zero attached hydrogens (tertiary/aromatic N) is 2. The average molecular weight is 407 g/mol. The molecule has 6 nitrogen and oxygen atoms in total. The van der Waals surface area contributed by atoms with Crippen molar-refractivity contribution in [2.24, 2.45) is 0 Å². The van der Waals surface area contributed by atoms with Crippen LogP contribution in [0.4, 0.5) is 10.8 Å². The van der Waals surface area contributed by atoms with Gasteiger partial charge in [-0.05, 0) is 43.4 Å². The molecule has 0 saturated carbocycles. The van der Waals surface area contributed by atoms with Crippen molar-refractivity contribution in [2.45, 2.75) is 49.5 Å². The SMILES string of the molecule is CCCCc1ccc(NC(=O)CSc2nnc(NC[C@@H]3CCCO3)s2)cc1. The van der Waals surface area contributed by atoms with Gasteiger partial charge in [-0.3, -0.25) is 4.79 Å². The van der Waals surface area contributed by atoms with Gasteiger partial charge in [0.05, 0.1) is 11.9 Å². The zero-order valence-corrected chi connectivity index (χ0v) is 17.2. The number of unbranched alkanes of at least 4 members (excludes halogenated alkanes) is 1. The molecule has 8 heteroatoms.